The van der Waals surface area contributed by atoms with Gasteiger partial charge in [0.2, 0.25) is 0 Å². The average molecular weight is 212 g/mol. The number of rotatable bonds is 5. The highest BCUT2D eigenvalue weighted by Crippen LogP contribution is 2.20. The second-order valence-corrected chi connectivity index (χ2v) is 4.20. The summed E-state index contributed by atoms with van der Waals surface area (Å²) in [5, 5.41) is 0. The summed E-state index contributed by atoms with van der Waals surface area (Å²) in [6.07, 6.45) is 3.31. The highest BCUT2D eigenvalue weighted by molar-refractivity contribution is 5.86. The number of allylic oxidation sites excluding steroid dienone is 2. The lowest BCUT2D eigenvalue weighted by molar-refractivity contribution is -0.163. The van der Waals surface area contributed by atoms with Gasteiger partial charge in [-0.3, -0.25) is 9.59 Å². The molecule has 0 aromatic heterocycles. The van der Waals surface area contributed by atoms with Gasteiger partial charge >= 0.3 is 5.97 Å². The van der Waals surface area contributed by atoms with Crippen LogP contribution < -0.4 is 0 Å². The smallest absolute Gasteiger partial charge is 0.303 e. The summed E-state index contributed by atoms with van der Waals surface area (Å²) in [5.74, 6) is -0.523. The first-order valence-electron chi connectivity index (χ1n) is 5.12. The van der Waals surface area contributed by atoms with Crippen molar-refractivity contribution in [1.82, 2.24) is 0 Å². The van der Waals surface area contributed by atoms with Crippen molar-refractivity contribution in [2.24, 2.45) is 0 Å². The van der Waals surface area contributed by atoms with Crippen LogP contribution in [0.5, 0.6) is 0 Å². The molecule has 0 saturated heterocycles. The second-order valence-electron chi connectivity index (χ2n) is 4.20. The van der Waals surface area contributed by atoms with E-state index in [1.807, 2.05) is 19.9 Å². The highest BCUT2D eigenvalue weighted by atomic mass is 16.6. The van der Waals surface area contributed by atoms with E-state index in [2.05, 4.69) is 0 Å². The van der Waals surface area contributed by atoms with Crippen LogP contribution in [0, 0.1) is 0 Å². The fraction of sp³-hybridized carbons (Fsp3) is 0.667. The maximum absolute atomic E-state index is 11.4. The van der Waals surface area contributed by atoms with Crippen LogP contribution in [0.2, 0.25) is 0 Å². The van der Waals surface area contributed by atoms with Gasteiger partial charge in [-0.2, -0.15) is 0 Å². The van der Waals surface area contributed by atoms with Crippen LogP contribution in [0.3, 0.4) is 0 Å². The summed E-state index contributed by atoms with van der Waals surface area (Å²) in [6, 6.07) is 0. The van der Waals surface area contributed by atoms with E-state index in [-0.39, 0.29) is 5.78 Å². The zero-order chi connectivity index (χ0) is 12.1. The first-order valence-corrected chi connectivity index (χ1v) is 5.12. The molecule has 0 spiro atoms. The molecule has 0 fully saturated rings. The van der Waals surface area contributed by atoms with Gasteiger partial charge in [-0.15, -0.1) is 0 Å². The number of esters is 1. The summed E-state index contributed by atoms with van der Waals surface area (Å²) < 4.78 is 5.06. The number of carbonyl (C=O) groups excluding carboxylic acids is 2. The van der Waals surface area contributed by atoms with Crippen LogP contribution in [-0.2, 0) is 14.3 Å². The molecule has 15 heavy (non-hydrogen) atoms. The van der Waals surface area contributed by atoms with Gasteiger partial charge in [0, 0.05) is 6.92 Å². The van der Waals surface area contributed by atoms with Gasteiger partial charge in [-0.25, -0.2) is 0 Å². The standard InChI is InChI=1S/C12H20O3/c1-9(2)7-6-8-12(5,10(3)13)15-11(4)14/h7H,6,8H2,1-5H3. The molecule has 0 heterocycles. The molecule has 0 aliphatic carbocycles. The van der Waals surface area contributed by atoms with Gasteiger partial charge in [-0.05, 0) is 40.5 Å². The second kappa shape index (κ2) is 5.69. The van der Waals surface area contributed by atoms with Crippen LogP contribution >= 0.6 is 0 Å². The molecule has 86 valence electrons. The van der Waals surface area contributed by atoms with Gasteiger partial charge in [0.25, 0.3) is 0 Å². The molecule has 0 aliphatic rings. The maximum atomic E-state index is 11.4. The zero-order valence-corrected chi connectivity index (χ0v) is 10.2. The third kappa shape index (κ3) is 5.35. The fourth-order valence-electron chi connectivity index (χ4n) is 1.25. The van der Waals surface area contributed by atoms with Gasteiger partial charge in [0.15, 0.2) is 11.4 Å². The number of Topliss-reactive ketones (excluding diaryl/α,β-unsaturated/α-hetero) is 1. The van der Waals surface area contributed by atoms with Crippen molar-refractivity contribution in [3.05, 3.63) is 11.6 Å². The summed E-state index contributed by atoms with van der Waals surface area (Å²) in [7, 11) is 0. The Morgan fingerprint density at radius 3 is 2.07 bits per heavy atom. The van der Waals surface area contributed by atoms with Crippen molar-refractivity contribution in [3.63, 3.8) is 0 Å². The van der Waals surface area contributed by atoms with E-state index < -0.39 is 11.6 Å². The van der Waals surface area contributed by atoms with Gasteiger partial charge in [0.05, 0.1) is 0 Å². The molecule has 0 aliphatic heterocycles. The predicted octanol–water partition coefficient (Wildman–Crippen LogP) is 2.64. The summed E-state index contributed by atoms with van der Waals surface area (Å²) in [6.45, 7) is 8.43. The van der Waals surface area contributed by atoms with Crippen LogP contribution in [0.25, 0.3) is 0 Å². The summed E-state index contributed by atoms with van der Waals surface area (Å²) >= 11 is 0. The number of carbonyl (C=O) groups is 2. The molecule has 1 unspecified atom stereocenters. The molecule has 3 nitrogen and oxygen atoms in total. The average Bonchev–Trinajstić information content (AvgIpc) is 2.01. The van der Waals surface area contributed by atoms with Gasteiger partial charge in [0.1, 0.15) is 0 Å². The van der Waals surface area contributed by atoms with Crippen molar-refractivity contribution in [1.29, 1.82) is 0 Å². The Bertz CT molecular complexity index is 275. The molecule has 0 rings (SSSR count). The Morgan fingerprint density at radius 1 is 1.20 bits per heavy atom. The minimum Gasteiger partial charge on any atom is -0.452 e. The molecule has 0 saturated carbocycles. The quantitative estimate of drug-likeness (QED) is 0.519. The molecule has 1 atom stereocenters. The largest absolute Gasteiger partial charge is 0.452 e. The van der Waals surface area contributed by atoms with Crippen molar-refractivity contribution in [3.8, 4) is 0 Å². The molecular formula is C12H20O3. The molecule has 0 bridgehead atoms. The van der Waals surface area contributed by atoms with Gasteiger partial charge in [-0.1, -0.05) is 11.6 Å². The van der Waals surface area contributed by atoms with E-state index in [0.717, 1.165) is 6.42 Å². The number of ketones is 1. The van der Waals surface area contributed by atoms with E-state index in [1.54, 1.807) is 6.92 Å². The molecule has 3 heteroatoms. The molecule has 0 amide bonds. The van der Waals surface area contributed by atoms with Crippen molar-refractivity contribution in [2.45, 2.75) is 53.1 Å². The third-order valence-corrected chi connectivity index (χ3v) is 2.29. The Kier molecular flexibility index (Phi) is 5.26. The number of ether oxygens (including phenoxy) is 1. The SMILES string of the molecule is CC(=O)OC(C)(CCC=C(C)C)C(C)=O. The molecule has 0 N–H and O–H groups in total. The number of hydrogen-bond acceptors (Lipinski definition) is 3. The van der Waals surface area contributed by atoms with Crippen molar-refractivity contribution in [2.75, 3.05) is 0 Å². The Morgan fingerprint density at radius 2 is 1.73 bits per heavy atom. The van der Waals surface area contributed by atoms with Crippen molar-refractivity contribution < 1.29 is 14.3 Å². The first kappa shape index (κ1) is 13.9. The summed E-state index contributed by atoms with van der Waals surface area (Å²) in [4.78, 5) is 22.2. The van der Waals surface area contributed by atoms with E-state index in [9.17, 15) is 9.59 Å². The minimum absolute atomic E-state index is 0.111. The van der Waals surface area contributed by atoms with Gasteiger partial charge < -0.3 is 4.74 Å². The minimum atomic E-state index is -0.974. The van der Waals surface area contributed by atoms with Crippen LogP contribution in [0.1, 0.15) is 47.5 Å². The zero-order valence-electron chi connectivity index (χ0n) is 10.2. The molecular weight excluding hydrogens is 192 g/mol. The Labute approximate surface area is 91.5 Å². The third-order valence-electron chi connectivity index (χ3n) is 2.29. The predicted molar refractivity (Wildman–Crippen MR) is 59.5 cm³/mol. The lowest BCUT2D eigenvalue weighted by atomic mass is 9.95. The lowest BCUT2D eigenvalue weighted by Gasteiger charge is -2.25. The van der Waals surface area contributed by atoms with Crippen LogP contribution in [0.4, 0.5) is 0 Å². The highest BCUT2D eigenvalue weighted by Gasteiger charge is 2.32. The van der Waals surface area contributed by atoms with E-state index in [0.29, 0.717) is 6.42 Å². The van der Waals surface area contributed by atoms with E-state index >= 15 is 0 Å². The normalized spacial score (nSPS) is 13.9. The monoisotopic (exact) mass is 212 g/mol. The Hall–Kier alpha value is -1.12. The van der Waals surface area contributed by atoms with Crippen molar-refractivity contribution >= 4 is 11.8 Å². The topological polar surface area (TPSA) is 43.4 Å². The number of hydrogen-bond donors (Lipinski definition) is 0. The van der Waals surface area contributed by atoms with Crippen LogP contribution in [-0.4, -0.2) is 17.4 Å². The maximum Gasteiger partial charge on any atom is 0.303 e. The Balaban J connectivity index is 4.46. The lowest BCUT2D eigenvalue weighted by Crippen LogP contribution is -2.38. The fourth-order valence-corrected chi connectivity index (χ4v) is 1.25. The van der Waals surface area contributed by atoms with E-state index in [1.165, 1.54) is 19.4 Å². The molecule has 0 aromatic carbocycles. The van der Waals surface area contributed by atoms with Crippen LogP contribution in [0.15, 0.2) is 11.6 Å². The van der Waals surface area contributed by atoms with E-state index in [4.69, 9.17) is 4.74 Å². The molecule has 0 radical (unpaired) electrons. The first-order chi connectivity index (χ1) is 6.78. The summed E-state index contributed by atoms with van der Waals surface area (Å²) in [5.41, 5.74) is 0.223. The molecule has 0 aromatic rings.